The lowest BCUT2D eigenvalue weighted by Crippen LogP contribution is -2.41. The number of nitrogens with zero attached hydrogens (tertiary/aromatic N) is 2. The van der Waals surface area contributed by atoms with E-state index < -0.39 is 5.91 Å². The van der Waals surface area contributed by atoms with Crippen molar-refractivity contribution in [2.45, 2.75) is 52.7 Å². The summed E-state index contributed by atoms with van der Waals surface area (Å²) in [7, 11) is 0. The van der Waals surface area contributed by atoms with E-state index in [1.807, 2.05) is 0 Å². The fourth-order valence-corrected chi connectivity index (χ4v) is 4.76. The van der Waals surface area contributed by atoms with Gasteiger partial charge in [0.1, 0.15) is 11.5 Å². The number of hydrogen-bond acceptors (Lipinski definition) is 4. The number of aromatic nitrogens is 1. The average molecular weight is 426 g/mol. The second-order valence-corrected chi connectivity index (χ2v) is 9.95. The first-order valence-corrected chi connectivity index (χ1v) is 11.1. The lowest BCUT2D eigenvalue weighted by molar-refractivity contribution is -0.0714. The Kier molecular flexibility index (Phi) is 6.13. The Morgan fingerprint density at radius 1 is 1.29 bits per heavy atom. The Labute approximate surface area is 183 Å². The zero-order valence-electron chi connectivity index (χ0n) is 18.7. The van der Waals surface area contributed by atoms with Crippen LogP contribution < -0.4 is 5.73 Å². The highest BCUT2D eigenvalue weighted by atomic mass is 19.1. The molecule has 1 aromatic heterocycles. The molecule has 6 heteroatoms. The zero-order chi connectivity index (χ0) is 22.2. The first kappa shape index (κ1) is 21.9. The van der Waals surface area contributed by atoms with Crippen LogP contribution in [-0.4, -0.2) is 41.6 Å². The smallest absolute Gasteiger partial charge is 0.267 e. The normalized spacial score (nSPS) is 22.2. The van der Waals surface area contributed by atoms with Crippen molar-refractivity contribution < 1.29 is 13.9 Å². The Morgan fingerprint density at radius 2 is 2.03 bits per heavy atom. The quantitative estimate of drug-likeness (QED) is 0.798. The van der Waals surface area contributed by atoms with E-state index in [0.29, 0.717) is 12.5 Å². The minimum Gasteiger partial charge on any atom is -0.378 e. The highest BCUT2D eigenvalue weighted by molar-refractivity contribution is 5.92. The summed E-state index contributed by atoms with van der Waals surface area (Å²) in [5.74, 6) is -0.228. The molecule has 2 aromatic rings. The van der Waals surface area contributed by atoms with E-state index in [-0.39, 0.29) is 23.0 Å². The molecule has 166 valence electrons. The molecule has 3 heterocycles. The Bertz CT molecular complexity index is 952. The minimum absolute atomic E-state index is 0.148. The van der Waals surface area contributed by atoms with Crippen molar-refractivity contribution in [3.05, 3.63) is 53.1 Å². The monoisotopic (exact) mass is 425 g/mol. The number of ether oxygens (including phenoxy) is 1. The molecule has 5 nitrogen and oxygen atoms in total. The molecular formula is C25H32FN3O2. The highest BCUT2D eigenvalue weighted by Gasteiger charge is 2.33. The zero-order valence-corrected chi connectivity index (χ0v) is 18.7. The molecule has 0 saturated carbocycles. The predicted octanol–water partition coefficient (Wildman–Crippen LogP) is 4.19. The standard InChI is InChI=1S/C25H32FN3O2/c1-25(2,3)23-12-16(9-11-31-23)14-29-10-8-19-20(17-4-6-18(26)7-5-17)13-21(24(27)30)28-22(19)15-29/h4-7,13,16,23H,8-12,14-15H2,1-3H3,(H2,27,30)/t16-,23+/m1/s1. The lowest BCUT2D eigenvalue weighted by atomic mass is 9.80. The third kappa shape index (κ3) is 4.96. The van der Waals surface area contributed by atoms with Crippen LogP contribution in [0, 0.1) is 17.2 Å². The number of halogens is 1. The number of carbonyl (C=O) groups excluding carboxylic acids is 1. The number of nitrogens with two attached hydrogens (primary N) is 1. The summed E-state index contributed by atoms with van der Waals surface area (Å²) in [4.78, 5) is 19.0. The van der Waals surface area contributed by atoms with Gasteiger partial charge in [-0.3, -0.25) is 9.69 Å². The number of fused-ring (bicyclic) bond motifs is 1. The molecular weight excluding hydrogens is 393 g/mol. The number of amides is 1. The summed E-state index contributed by atoms with van der Waals surface area (Å²) < 4.78 is 19.4. The molecule has 2 atom stereocenters. The van der Waals surface area contributed by atoms with Crippen LogP contribution >= 0.6 is 0 Å². The van der Waals surface area contributed by atoms with E-state index in [9.17, 15) is 9.18 Å². The first-order chi connectivity index (χ1) is 14.7. The fourth-order valence-electron chi connectivity index (χ4n) is 4.76. The van der Waals surface area contributed by atoms with Crippen molar-refractivity contribution in [1.82, 2.24) is 9.88 Å². The van der Waals surface area contributed by atoms with Crippen molar-refractivity contribution in [1.29, 1.82) is 0 Å². The van der Waals surface area contributed by atoms with Gasteiger partial charge in [-0.15, -0.1) is 0 Å². The summed E-state index contributed by atoms with van der Waals surface area (Å²) in [6.45, 7) is 10.2. The van der Waals surface area contributed by atoms with Gasteiger partial charge in [-0.1, -0.05) is 32.9 Å². The summed E-state index contributed by atoms with van der Waals surface area (Å²) in [5, 5.41) is 0. The van der Waals surface area contributed by atoms with Gasteiger partial charge in [0.25, 0.3) is 5.91 Å². The number of rotatable bonds is 4. The van der Waals surface area contributed by atoms with E-state index in [2.05, 4.69) is 30.7 Å². The number of primary amides is 1. The third-order valence-corrected chi connectivity index (χ3v) is 6.54. The third-order valence-electron chi connectivity index (χ3n) is 6.54. The Balaban J connectivity index is 1.56. The predicted molar refractivity (Wildman–Crippen MR) is 119 cm³/mol. The Hall–Kier alpha value is -2.31. The van der Waals surface area contributed by atoms with Gasteiger partial charge >= 0.3 is 0 Å². The van der Waals surface area contributed by atoms with Gasteiger partial charge in [-0.25, -0.2) is 9.37 Å². The maximum Gasteiger partial charge on any atom is 0.267 e. The molecule has 2 aliphatic rings. The molecule has 2 aliphatic heterocycles. The van der Waals surface area contributed by atoms with Crippen LogP contribution in [0.4, 0.5) is 4.39 Å². The first-order valence-electron chi connectivity index (χ1n) is 11.1. The van der Waals surface area contributed by atoms with Gasteiger partial charge in [0.2, 0.25) is 0 Å². The number of carbonyl (C=O) groups is 1. The van der Waals surface area contributed by atoms with Crippen LogP contribution in [0.3, 0.4) is 0 Å². The van der Waals surface area contributed by atoms with Crippen LogP contribution in [0.1, 0.15) is 55.4 Å². The summed E-state index contributed by atoms with van der Waals surface area (Å²) in [6, 6.07) is 8.13. The molecule has 1 amide bonds. The van der Waals surface area contributed by atoms with Gasteiger partial charge in [-0.2, -0.15) is 0 Å². The molecule has 0 radical (unpaired) electrons. The molecule has 4 rings (SSSR count). The van der Waals surface area contributed by atoms with Crippen LogP contribution in [-0.2, 0) is 17.7 Å². The number of benzene rings is 1. The SMILES string of the molecule is CC(C)(C)[C@@H]1C[C@H](CN2CCc3c(-c4ccc(F)cc4)cc(C(N)=O)nc3C2)CCO1. The van der Waals surface area contributed by atoms with Gasteiger partial charge in [-0.05, 0) is 65.5 Å². The highest BCUT2D eigenvalue weighted by Crippen LogP contribution is 2.34. The molecule has 0 aliphatic carbocycles. The maximum atomic E-state index is 13.4. The summed E-state index contributed by atoms with van der Waals surface area (Å²) in [6.07, 6.45) is 3.28. The van der Waals surface area contributed by atoms with Gasteiger partial charge in [0.05, 0.1) is 11.8 Å². The van der Waals surface area contributed by atoms with Crippen molar-refractivity contribution >= 4 is 5.91 Å². The van der Waals surface area contributed by atoms with Gasteiger partial charge < -0.3 is 10.5 Å². The Morgan fingerprint density at radius 3 is 2.71 bits per heavy atom. The molecule has 0 unspecified atom stereocenters. The summed E-state index contributed by atoms with van der Waals surface area (Å²) in [5.41, 5.74) is 9.83. The van der Waals surface area contributed by atoms with Gasteiger partial charge in [0.15, 0.2) is 0 Å². The fraction of sp³-hybridized carbons (Fsp3) is 0.520. The van der Waals surface area contributed by atoms with E-state index in [0.717, 1.165) is 61.3 Å². The molecule has 31 heavy (non-hydrogen) atoms. The molecule has 1 saturated heterocycles. The molecule has 0 spiro atoms. The molecule has 2 N–H and O–H groups in total. The van der Waals surface area contributed by atoms with E-state index in [4.69, 9.17) is 10.5 Å². The number of pyridine rings is 1. The van der Waals surface area contributed by atoms with Crippen molar-refractivity contribution in [2.24, 2.45) is 17.1 Å². The second-order valence-electron chi connectivity index (χ2n) is 9.95. The van der Waals surface area contributed by atoms with E-state index >= 15 is 0 Å². The minimum atomic E-state index is -0.541. The van der Waals surface area contributed by atoms with Crippen molar-refractivity contribution in [3.63, 3.8) is 0 Å². The largest absolute Gasteiger partial charge is 0.378 e. The topological polar surface area (TPSA) is 68.5 Å². The molecule has 1 aromatic carbocycles. The summed E-state index contributed by atoms with van der Waals surface area (Å²) >= 11 is 0. The van der Waals surface area contributed by atoms with Crippen LogP contribution in [0.5, 0.6) is 0 Å². The van der Waals surface area contributed by atoms with Crippen LogP contribution in [0.2, 0.25) is 0 Å². The van der Waals surface area contributed by atoms with Crippen LogP contribution in [0.25, 0.3) is 11.1 Å². The van der Waals surface area contributed by atoms with E-state index in [1.54, 1.807) is 18.2 Å². The molecule has 0 bridgehead atoms. The van der Waals surface area contributed by atoms with E-state index in [1.165, 1.54) is 12.1 Å². The second kappa shape index (κ2) is 8.67. The molecule has 1 fully saturated rings. The van der Waals surface area contributed by atoms with Gasteiger partial charge in [0, 0.05) is 26.2 Å². The van der Waals surface area contributed by atoms with Crippen LogP contribution in [0.15, 0.2) is 30.3 Å². The average Bonchev–Trinajstić information content (AvgIpc) is 2.73. The number of hydrogen-bond donors (Lipinski definition) is 1. The lowest BCUT2D eigenvalue weighted by Gasteiger charge is -2.40. The van der Waals surface area contributed by atoms with Crippen molar-refractivity contribution in [2.75, 3.05) is 19.7 Å². The maximum absolute atomic E-state index is 13.4. The van der Waals surface area contributed by atoms with Crippen molar-refractivity contribution in [3.8, 4) is 11.1 Å².